The topological polar surface area (TPSA) is 47.5 Å². The van der Waals surface area contributed by atoms with Crippen LogP contribution in [0.5, 0.6) is 11.5 Å². The normalized spacial score (nSPS) is 10.7. The first-order chi connectivity index (χ1) is 11.6. The number of nitrogens with zero attached hydrogens (tertiary/aromatic N) is 3. The van der Waals surface area contributed by atoms with E-state index in [9.17, 15) is 4.39 Å². The second-order valence-electron chi connectivity index (χ2n) is 5.44. The van der Waals surface area contributed by atoms with Crippen molar-refractivity contribution >= 4 is 16.7 Å². The van der Waals surface area contributed by atoms with Crippen molar-refractivity contribution in [1.82, 2.24) is 9.97 Å². The number of hydrogen-bond acceptors (Lipinski definition) is 5. The first kappa shape index (κ1) is 16.0. The summed E-state index contributed by atoms with van der Waals surface area (Å²) < 4.78 is 24.2. The fourth-order valence-corrected chi connectivity index (χ4v) is 2.63. The van der Waals surface area contributed by atoms with Crippen LogP contribution >= 0.6 is 0 Å². The van der Waals surface area contributed by atoms with Crippen molar-refractivity contribution in [2.24, 2.45) is 0 Å². The summed E-state index contributed by atoms with van der Waals surface area (Å²) in [6.45, 7) is 0.566. The van der Waals surface area contributed by atoms with Crippen LogP contribution in [0.25, 0.3) is 10.9 Å². The first-order valence-electron chi connectivity index (χ1n) is 7.44. The Morgan fingerprint density at radius 2 is 1.71 bits per heavy atom. The standard InChI is InChI=1S/C18H18FN3O2/c1-22(10-12-6-14(23-2)9-15(7-12)24-3)18-16-8-13(19)4-5-17(16)20-11-21-18/h4-9,11H,10H2,1-3H3. The molecule has 0 aliphatic carbocycles. The molecule has 0 atom stereocenters. The Bertz CT molecular complexity index is 848. The molecule has 3 rings (SSSR count). The van der Waals surface area contributed by atoms with Gasteiger partial charge in [-0.25, -0.2) is 14.4 Å². The molecule has 0 radical (unpaired) electrons. The van der Waals surface area contributed by atoms with Crippen molar-refractivity contribution in [2.45, 2.75) is 6.54 Å². The van der Waals surface area contributed by atoms with Crippen LogP contribution in [0.15, 0.2) is 42.7 Å². The van der Waals surface area contributed by atoms with Crippen molar-refractivity contribution < 1.29 is 13.9 Å². The molecule has 0 bridgehead atoms. The lowest BCUT2D eigenvalue weighted by atomic mass is 10.1. The Morgan fingerprint density at radius 3 is 2.38 bits per heavy atom. The number of hydrogen-bond donors (Lipinski definition) is 0. The van der Waals surface area contributed by atoms with E-state index < -0.39 is 0 Å². The van der Waals surface area contributed by atoms with E-state index in [0.29, 0.717) is 23.3 Å². The molecule has 0 aliphatic rings. The zero-order valence-electron chi connectivity index (χ0n) is 13.8. The largest absolute Gasteiger partial charge is 0.497 e. The van der Waals surface area contributed by atoms with Crippen LogP contribution in [-0.2, 0) is 6.54 Å². The number of halogens is 1. The van der Waals surface area contributed by atoms with Crippen LogP contribution in [0, 0.1) is 5.82 Å². The number of aromatic nitrogens is 2. The van der Waals surface area contributed by atoms with Crippen LogP contribution < -0.4 is 14.4 Å². The molecule has 5 nitrogen and oxygen atoms in total. The van der Waals surface area contributed by atoms with E-state index in [4.69, 9.17) is 9.47 Å². The van der Waals surface area contributed by atoms with Crippen LogP contribution in [0.4, 0.5) is 10.2 Å². The van der Waals surface area contributed by atoms with Crippen molar-refractivity contribution in [1.29, 1.82) is 0 Å². The molecule has 2 aromatic carbocycles. The van der Waals surface area contributed by atoms with E-state index in [1.165, 1.54) is 18.5 Å². The SMILES string of the molecule is COc1cc(CN(C)c2ncnc3ccc(F)cc23)cc(OC)c1. The van der Waals surface area contributed by atoms with E-state index in [1.807, 2.05) is 30.1 Å². The molecule has 0 amide bonds. The molecule has 0 fully saturated rings. The van der Waals surface area contributed by atoms with Crippen molar-refractivity contribution in [3.05, 3.63) is 54.1 Å². The number of fused-ring (bicyclic) bond motifs is 1. The van der Waals surface area contributed by atoms with Crippen LogP contribution in [0.2, 0.25) is 0 Å². The molecule has 0 saturated heterocycles. The minimum absolute atomic E-state index is 0.310. The van der Waals surface area contributed by atoms with Crippen molar-refractivity contribution in [3.8, 4) is 11.5 Å². The fourth-order valence-electron chi connectivity index (χ4n) is 2.63. The Labute approximate surface area is 139 Å². The summed E-state index contributed by atoms with van der Waals surface area (Å²) >= 11 is 0. The summed E-state index contributed by atoms with van der Waals surface area (Å²) in [4.78, 5) is 10.4. The minimum atomic E-state index is -0.310. The smallest absolute Gasteiger partial charge is 0.140 e. The van der Waals surface area contributed by atoms with E-state index in [2.05, 4.69) is 9.97 Å². The molecule has 1 aromatic heterocycles. The molecule has 3 aromatic rings. The summed E-state index contributed by atoms with van der Waals surface area (Å²) in [6, 6.07) is 10.2. The molecular formula is C18H18FN3O2. The van der Waals surface area contributed by atoms with Crippen molar-refractivity contribution in [3.63, 3.8) is 0 Å². The quantitative estimate of drug-likeness (QED) is 0.718. The molecule has 1 heterocycles. The highest BCUT2D eigenvalue weighted by atomic mass is 19.1. The van der Waals surface area contributed by atoms with E-state index >= 15 is 0 Å². The summed E-state index contributed by atoms with van der Waals surface area (Å²) in [5.41, 5.74) is 1.70. The lowest BCUT2D eigenvalue weighted by molar-refractivity contribution is 0.393. The van der Waals surface area contributed by atoms with Gasteiger partial charge in [0.25, 0.3) is 0 Å². The predicted octanol–water partition coefficient (Wildman–Crippen LogP) is 3.42. The highest BCUT2D eigenvalue weighted by Crippen LogP contribution is 2.27. The molecule has 0 spiro atoms. The van der Waals surface area contributed by atoms with Gasteiger partial charge < -0.3 is 14.4 Å². The molecule has 24 heavy (non-hydrogen) atoms. The van der Waals surface area contributed by atoms with Gasteiger partial charge in [-0.2, -0.15) is 0 Å². The lowest BCUT2D eigenvalue weighted by Crippen LogP contribution is -2.18. The van der Waals surface area contributed by atoms with Gasteiger partial charge in [-0.15, -0.1) is 0 Å². The van der Waals surface area contributed by atoms with Crippen LogP contribution in [0.1, 0.15) is 5.56 Å². The summed E-state index contributed by atoms with van der Waals surface area (Å²) in [5.74, 6) is 1.80. The number of ether oxygens (including phenoxy) is 2. The summed E-state index contributed by atoms with van der Waals surface area (Å²) in [7, 11) is 5.13. The zero-order valence-corrected chi connectivity index (χ0v) is 13.8. The van der Waals surface area contributed by atoms with Crippen LogP contribution in [-0.4, -0.2) is 31.2 Å². The monoisotopic (exact) mass is 327 g/mol. The minimum Gasteiger partial charge on any atom is -0.497 e. The third-order valence-electron chi connectivity index (χ3n) is 3.77. The average molecular weight is 327 g/mol. The second kappa shape index (κ2) is 6.70. The lowest BCUT2D eigenvalue weighted by Gasteiger charge is -2.20. The van der Waals surface area contributed by atoms with Gasteiger partial charge in [0.2, 0.25) is 0 Å². The fraction of sp³-hybridized carbons (Fsp3) is 0.222. The third kappa shape index (κ3) is 3.22. The van der Waals surface area contributed by atoms with E-state index in [1.54, 1.807) is 20.3 Å². The Hall–Kier alpha value is -2.89. The highest BCUT2D eigenvalue weighted by molar-refractivity contribution is 5.89. The van der Waals surface area contributed by atoms with Gasteiger partial charge in [0, 0.05) is 25.0 Å². The second-order valence-corrected chi connectivity index (χ2v) is 5.44. The number of anilines is 1. The Morgan fingerprint density at radius 1 is 1.00 bits per heavy atom. The van der Waals surface area contributed by atoms with Crippen molar-refractivity contribution in [2.75, 3.05) is 26.2 Å². The van der Waals surface area contributed by atoms with Gasteiger partial charge >= 0.3 is 0 Å². The highest BCUT2D eigenvalue weighted by Gasteiger charge is 2.11. The van der Waals surface area contributed by atoms with E-state index in [-0.39, 0.29) is 5.82 Å². The molecule has 0 aliphatic heterocycles. The predicted molar refractivity (Wildman–Crippen MR) is 91.1 cm³/mol. The number of methoxy groups -OCH3 is 2. The maximum atomic E-state index is 13.6. The number of rotatable bonds is 5. The average Bonchev–Trinajstić information content (AvgIpc) is 2.60. The van der Waals surface area contributed by atoms with Gasteiger partial charge in [0.05, 0.1) is 19.7 Å². The van der Waals surface area contributed by atoms with Gasteiger partial charge in [0.1, 0.15) is 29.5 Å². The zero-order chi connectivity index (χ0) is 17.1. The Balaban J connectivity index is 1.96. The van der Waals surface area contributed by atoms with Gasteiger partial charge in [-0.05, 0) is 35.9 Å². The molecule has 0 unspecified atom stereocenters. The molecule has 0 N–H and O–H groups in total. The third-order valence-corrected chi connectivity index (χ3v) is 3.77. The maximum absolute atomic E-state index is 13.6. The molecular weight excluding hydrogens is 309 g/mol. The molecule has 124 valence electrons. The summed E-state index contributed by atoms with van der Waals surface area (Å²) in [6.07, 6.45) is 1.48. The van der Waals surface area contributed by atoms with Crippen LogP contribution in [0.3, 0.4) is 0 Å². The number of benzene rings is 2. The van der Waals surface area contributed by atoms with E-state index in [0.717, 1.165) is 17.1 Å². The summed E-state index contributed by atoms with van der Waals surface area (Å²) in [5, 5.41) is 0.676. The Kier molecular flexibility index (Phi) is 4.46. The molecule has 6 heteroatoms. The van der Waals surface area contributed by atoms with Gasteiger partial charge in [-0.3, -0.25) is 0 Å². The first-order valence-corrected chi connectivity index (χ1v) is 7.44. The molecule has 0 saturated carbocycles. The maximum Gasteiger partial charge on any atom is 0.140 e. The van der Waals surface area contributed by atoms with Gasteiger partial charge in [0.15, 0.2) is 0 Å². The van der Waals surface area contributed by atoms with Gasteiger partial charge in [-0.1, -0.05) is 0 Å².